The first-order valence-corrected chi connectivity index (χ1v) is 21.2. The maximum atomic E-state index is 2.55. The number of fused-ring (bicyclic) bond motifs is 7. The molecular weight excluding hydrogens is 700 g/mol. The number of allylic oxidation sites excluding steroid dienone is 7. The minimum atomic E-state index is -0.0828. The summed E-state index contributed by atoms with van der Waals surface area (Å²) >= 11 is 3.94. The van der Waals surface area contributed by atoms with Crippen LogP contribution in [0.25, 0.3) is 49.9 Å². The fourth-order valence-electron chi connectivity index (χ4n) is 9.57. The molecule has 7 aromatic rings. The lowest BCUT2D eigenvalue weighted by Gasteiger charge is -2.35. The molecule has 0 nitrogen and oxygen atoms in total. The molecule has 0 bridgehead atoms. The maximum absolute atomic E-state index is 2.55. The van der Waals surface area contributed by atoms with Crippen molar-refractivity contribution < 1.29 is 0 Å². The highest BCUT2D eigenvalue weighted by Gasteiger charge is 2.39. The standard InChI is InChI=1S/C52H39BS2/c1-52(2,37-17-5-3-4-6-18-37)38-27-28-44-46(32-38)55-48-31-36(30-47-51(48)53(44)43-23-13-14-24-45(43)54-47)50-41-21-11-9-19-39(41)49(40-20-10-12-22-42(40)50)35-26-25-33-15-7-8-16-34(33)29-35/h3-11,13-17,19-21,23-32H,12,18,22H2,1-2H3. The molecule has 0 spiro atoms. The van der Waals surface area contributed by atoms with E-state index < -0.39 is 0 Å². The Kier molecular flexibility index (Phi) is 7.80. The molecule has 7 aromatic carbocycles. The Morgan fingerprint density at radius 3 is 2.20 bits per heavy atom. The number of benzene rings is 7. The third-order valence-electron chi connectivity index (χ3n) is 12.4. The third-order valence-corrected chi connectivity index (χ3v) is 14.7. The molecule has 11 rings (SSSR count). The largest absolute Gasteiger partial charge is 0.247 e. The van der Waals surface area contributed by atoms with Crippen LogP contribution in [0.2, 0.25) is 0 Å². The van der Waals surface area contributed by atoms with Gasteiger partial charge in [-0.1, -0.05) is 187 Å². The molecule has 0 amide bonds. The van der Waals surface area contributed by atoms with Gasteiger partial charge >= 0.3 is 0 Å². The van der Waals surface area contributed by atoms with Crippen LogP contribution in [0.1, 0.15) is 43.4 Å². The molecule has 0 fully saturated rings. The Hall–Kier alpha value is -5.22. The van der Waals surface area contributed by atoms with E-state index in [0.717, 1.165) is 19.3 Å². The zero-order chi connectivity index (χ0) is 36.7. The van der Waals surface area contributed by atoms with Gasteiger partial charge in [0.15, 0.2) is 0 Å². The predicted molar refractivity (Wildman–Crippen MR) is 239 cm³/mol. The van der Waals surface area contributed by atoms with Gasteiger partial charge in [-0.3, -0.25) is 0 Å². The lowest BCUT2D eigenvalue weighted by molar-refractivity contribution is 0.609. The van der Waals surface area contributed by atoms with E-state index in [4.69, 9.17) is 0 Å². The van der Waals surface area contributed by atoms with Gasteiger partial charge in [0.1, 0.15) is 0 Å². The van der Waals surface area contributed by atoms with Crippen LogP contribution in [-0.2, 0) is 11.8 Å². The summed E-state index contributed by atoms with van der Waals surface area (Å²) in [5.74, 6) is 0. The summed E-state index contributed by atoms with van der Waals surface area (Å²) in [5.41, 5.74) is 15.3. The lowest BCUT2D eigenvalue weighted by Crippen LogP contribution is -2.58. The van der Waals surface area contributed by atoms with Crippen molar-refractivity contribution in [3.8, 4) is 22.3 Å². The molecule has 0 unspecified atom stereocenters. The molecule has 2 heterocycles. The zero-order valence-corrected chi connectivity index (χ0v) is 32.7. The average Bonchev–Trinajstić information content (AvgIpc) is 3.53. The Morgan fingerprint density at radius 2 is 1.33 bits per heavy atom. The Balaban J connectivity index is 1.12. The molecule has 0 aromatic heterocycles. The molecule has 4 aliphatic rings. The summed E-state index contributed by atoms with van der Waals surface area (Å²) in [5, 5.41) is 5.23. The molecule has 0 radical (unpaired) electrons. The Labute approximate surface area is 332 Å². The van der Waals surface area contributed by atoms with Gasteiger partial charge in [-0.05, 0) is 116 Å². The Morgan fingerprint density at radius 1 is 0.582 bits per heavy atom. The van der Waals surface area contributed by atoms with Crippen molar-refractivity contribution in [2.24, 2.45) is 0 Å². The molecule has 0 saturated heterocycles. The highest BCUT2D eigenvalue weighted by molar-refractivity contribution is 8.01. The molecule has 3 heteroatoms. The van der Waals surface area contributed by atoms with Crippen LogP contribution in [0.15, 0.2) is 183 Å². The molecule has 2 aliphatic carbocycles. The first kappa shape index (κ1) is 33.2. The maximum Gasteiger partial charge on any atom is 0.247 e. The van der Waals surface area contributed by atoms with Gasteiger partial charge < -0.3 is 0 Å². The van der Waals surface area contributed by atoms with Crippen molar-refractivity contribution >= 4 is 74.2 Å². The second kappa shape index (κ2) is 12.9. The molecule has 0 saturated carbocycles. The second-order valence-corrected chi connectivity index (χ2v) is 18.0. The van der Waals surface area contributed by atoms with Crippen molar-refractivity contribution in [2.75, 3.05) is 0 Å². The van der Waals surface area contributed by atoms with Crippen LogP contribution in [0.4, 0.5) is 0 Å². The molecule has 2 aliphatic heterocycles. The van der Waals surface area contributed by atoms with Crippen molar-refractivity contribution in [2.45, 2.75) is 58.1 Å². The quantitative estimate of drug-likeness (QED) is 0.165. The summed E-state index contributed by atoms with van der Waals surface area (Å²) in [4.78, 5) is 5.54. The van der Waals surface area contributed by atoms with Crippen LogP contribution < -0.4 is 16.4 Å². The number of hydrogen-bond acceptors (Lipinski definition) is 2. The van der Waals surface area contributed by atoms with Gasteiger partial charge in [-0.2, -0.15) is 0 Å². The van der Waals surface area contributed by atoms with Crippen molar-refractivity contribution in [3.63, 3.8) is 0 Å². The zero-order valence-electron chi connectivity index (χ0n) is 31.1. The van der Waals surface area contributed by atoms with E-state index in [-0.39, 0.29) is 12.1 Å². The van der Waals surface area contributed by atoms with Crippen molar-refractivity contribution in [1.82, 2.24) is 0 Å². The first-order valence-electron chi connectivity index (χ1n) is 19.6. The predicted octanol–water partition coefficient (Wildman–Crippen LogP) is 12.5. The summed E-state index contributed by atoms with van der Waals surface area (Å²) < 4.78 is 0. The highest BCUT2D eigenvalue weighted by atomic mass is 32.2. The molecule has 0 atom stereocenters. The summed E-state index contributed by atoms with van der Waals surface area (Å²) in [6.45, 7) is 5.00. The van der Waals surface area contributed by atoms with E-state index in [9.17, 15) is 0 Å². The summed E-state index contributed by atoms with van der Waals surface area (Å²) in [6.07, 6.45) is 19.0. The second-order valence-electron chi connectivity index (χ2n) is 15.8. The molecular formula is C52H39BS2. The van der Waals surface area contributed by atoms with E-state index in [1.54, 1.807) is 0 Å². The van der Waals surface area contributed by atoms with E-state index >= 15 is 0 Å². The van der Waals surface area contributed by atoms with Crippen LogP contribution in [0.5, 0.6) is 0 Å². The SMILES string of the molecule is CC(C)(C1=CC=CC=CC1)c1ccc2c(c1)Sc1cc(-c3c4c(c(-c5ccc6ccccc6c5)c5ccccc35)C=CCC4)cc3c1B2c1ccccc1S3. The van der Waals surface area contributed by atoms with Crippen molar-refractivity contribution in [1.29, 1.82) is 0 Å². The normalized spacial score (nSPS) is 15.3. The number of hydrogen-bond donors (Lipinski definition) is 0. The minimum Gasteiger partial charge on any atom is -0.0911 e. The van der Waals surface area contributed by atoms with Gasteiger partial charge in [0.05, 0.1) is 0 Å². The molecule has 0 N–H and O–H groups in total. The van der Waals surface area contributed by atoms with Crippen LogP contribution in [0, 0.1) is 0 Å². The summed E-state index contributed by atoms with van der Waals surface area (Å²) in [6, 6.07) is 46.5. The van der Waals surface area contributed by atoms with Crippen LogP contribution >= 0.6 is 23.5 Å². The first-order chi connectivity index (χ1) is 27.0. The molecule has 55 heavy (non-hydrogen) atoms. The fraction of sp³-hybridized carbons (Fsp3) is 0.115. The highest BCUT2D eigenvalue weighted by Crippen LogP contribution is 2.48. The van der Waals surface area contributed by atoms with E-state index in [2.05, 4.69) is 178 Å². The van der Waals surface area contributed by atoms with Gasteiger partial charge in [0.2, 0.25) is 6.71 Å². The topological polar surface area (TPSA) is 0 Å². The lowest BCUT2D eigenvalue weighted by atomic mass is 9.36. The van der Waals surface area contributed by atoms with E-state index in [1.165, 1.54) is 102 Å². The average molecular weight is 739 g/mol. The minimum absolute atomic E-state index is 0.0828. The van der Waals surface area contributed by atoms with Crippen LogP contribution in [0.3, 0.4) is 0 Å². The van der Waals surface area contributed by atoms with Gasteiger partial charge in [-0.25, -0.2) is 0 Å². The van der Waals surface area contributed by atoms with Gasteiger partial charge in [-0.15, -0.1) is 0 Å². The third kappa shape index (κ3) is 5.31. The van der Waals surface area contributed by atoms with Gasteiger partial charge in [0, 0.05) is 25.0 Å². The number of rotatable bonds is 4. The monoisotopic (exact) mass is 738 g/mol. The molecule has 262 valence electrons. The van der Waals surface area contributed by atoms with Gasteiger partial charge in [0.25, 0.3) is 0 Å². The van der Waals surface area contributed by atoms with E-state index in [0.29, 0.717) is 0 Å². The Bertz CT molecular complexity index is 2890. The van der Waals surface area contributed by atoms with Crippen LogP contribution in [-0.4, -0.2) is 6.71 Å². The van der Waals surface area contributed by atoms with E-state index in [1.807, 2.05) is 23.5 Å². The van der Waals surface area contributed by atoms with Crippen molar-refractivity contribution in [3.05, 3.63) is 180 Å². The smallest absolute Gasteiger partial charge is 0.0911 e. The fourth-order valence-corrected chi connectivity index (χ4v) is 12.1. The summed E-state index contributed by atoms with van der Waals surface area (Å²) in [7, 11) is 0.